The number of hydrogen-bond acceptors (Lipinski definition) is 5. The fourth-order valence-electron chi connectivity index (χ4n) is 2.93. The maximum atomic E-state index is 12.7. The number of nitrogen functional groups attached to an aromatic ring is 1. The third-order valence-corrected chi connectivity index (χ3v) is 5.65. The first-order valence-corrected chi connectivity index (χ1v) is 9.65. The van der Waals surface area contributed by atoms with Gasteiger partial charge in [-0.3, -0.25) is 4.79 Å². The van der Waals surface area contributed by atoms with Crippen molar-refractivity contribution in [2.75, 3.05) is 11.1 Å². The number of amides is 1. The lowest BCUT2D eigenvalue weighted by atomic mass is 10.1. The quantitative estimate of drug-likeness (QED) is 0.454. The summed E-state index contributed by atoms with van der Waals surface area (Å²) in [4.78, 5) is 29.4. The van der Waals surface area contributed by atoms with Gasteiger partial charge in [0, 0.05) is 16.6 Å². The van der Waals surface area contributed by atoms with Gasteiger partial charge >= 0.3 is 5.97 Å². The van der Waals surface area contributed by atoms with Crippen LogP contribution in [0.4, 0.5) is 11.4 Å². The summed E-state index contributed by atoms with van der Waals surface area (Å²) >= 11 is 1.23. The van der Waals surface area contributed by atoms with E-state index in [0.717, 1.165) is 16.6 Å². The van der Waals surface area contributed by atoms with Gasteiger partial charge < -0.3 is 16.2 Å². The lowest BCUT2D eigenvalue weighted by Gasteiger charge is -2.04. The van der Waals surface area contributed by atoms with Gasteiger partial charge in [0.15, 0.2) is 0 Å². The summed E-state index contributed by atoms with van der Waals surface area (Å²) in [6.07, 6.45) is 0. The van der Waals surface area contributed by atoms with Crippen molar-refractivity contribution in [1.29, 1.82) is 0 Å². The molecule has 0 aliphatic rings. The number of aromatic carboxylic acids is 1. The first-order chi connectivity index (χ1) is 13.9. The second-order valence-corrected chi connectivity index (χ2v) is 7.60. The van der Waals surface area contributed by atoms with Gasteiger partial charge in [0.25, 0.3) is 5.91 Å². The van der Waals surface area contributed by atoms with Crippen LogP contribution in [-0.4, -0.2) is 22.0 Å². The molecular weight excluding hydrogens is 386 g/mol. The molecule has 2 heterocycles. The van der Waals surface area contributed by atoms with Crippen molar-refractivity contribution >= 4 is 44.8 Å². The summed E-state index contributed by atoms with van der Waals surface area (Å²) in [5.41, 5.74) is 10.2. The second-order valence-electron chi connectivity index (χ2n) is 6.60. The van der Waals surface area contributed by atoms with Crippen LogP contribution in [-0.2, 0) is 0 Å². The number of nitrogens with one attached hydrogen (secondary N) is 1. The maximum absolute atomic E-state index is 12.7. The Kier molecular flexibility index (Phi) is 4.74. The summed E-state index contributed by atoms with van der Waals surface area (Å²) < 4.78 is 0. The van der Waals surface area contributed by atoms with Crippen molar-refractivity contribution in [3.8, 4) is 11.3 Å². The van der Waals surface area contributed by atoms with Crippen molar-refractivity contribution in [1.82, 2.24) is 4.98 Å². The number of nitrogens with two attached hydrogens (primary N) is 1. The summed E-state index contributed by atoms with van der Waals surface area (Å²) in [5.74, 6) is -1.38. The predicted octanol–water partition coefficient (Wildman–Crippen LogP) is 4.80. The molecule has 29 heavy (non-hydrogen) atoms. The van der Waals surface area contributed by atoms with E-state index >= 15 is 0 Å². The number of hydrogen-bond donors (Lipinski definition) is 3. The van der Waals surface area contributed by atoms with Crippen LogP contribution in [0.25, 0.3) is 21.5 Å². The molecule has 0 bridgehead atoms. The molecule has 0 radical (unpaired) electrons. The standard InChI is InChI=1S/C22H17N3O3S/c1-12-2-4-13(5-3-12)17-11-10-16-18(23)19(29-21(16)25-17)20(26)24-15-8-6-14(7-9-15)22(27)28/h2-11H,23H2,1H3,(H,24,26)(H,27,28). The van der Waals surface area contributed by atoms with Crippen molar-refractivity contribution in [3.05, 3.63) is 76.7 Å². The molecule has 7 heteroatoms. The third-order valence-electron chi connectivity index (χ3n) is 4.54. The van der Waals surface area contributed by atoms with E-state index in [1.807, 2.05) is 43.3 Å². The second kappa shape index (κ2) is 7.37. The average molecular weight is 403 g/mol. The Morgan fingerprint density at radius 2 is 1.69 bits per heavy atom. The molecule has 0 saturated heterocycles. The molecule has 0 atom stereocenters. The van der Waals surface area contributed by atoms with Crippen LogP contribution in [0.5, 0.6) is 0 Å². The van der Waals surface area contributed by atoms with Gasteiger partial charge in [-0.25, -0.2) is 9.78 Å². The number of carbonyl (C=O) groups is 2. The van der Waals surface area contributed by atoms with E-state index in [-0.39, 0.29) is 11.5 Å². The van der Waals surface area contributed by atoms with E-state index in [1.165, 1.54) is 29.0 Å². The monoisotopic (exact) mass is 403 g/mol. The SMILES string of the molecule is Cc1ccc(-c2ccc3c(N)c(C(=O)Nc4ccc(C(=O)O)cc4)sc3n2)cc1. The Hall–Kier alpha value is -3.71. The molecule has 4 rings (SSSR count). The summed E-state index contributed by atoms with van der Waals surface area (Å²) in [6.45, 7) is 2.03. The predicted molar refractivity (Wildman–Crippen MR) is 116 cm³/mol. The number of aromatic nitrogens is 1. The molecular formula is C22H17N3O3S. The molecule has 0 aliphatic heterocycles. The van der Waals surface area contributed by atoms with E-state index in [1.54, 1.807) is 12.1 Å². The smallest absolute Gasteiger partial charge is 0.335 e. The van der Waals surface area contributed by atoms with Crippen molar-refractivity contribution in [2.24, 2.45) is 0 Å². The zero-order chi connectivity index (χ0) is 20.5. The third kappa shape index (κ3) is 3.68. The van der Waals surface area contributed by atoms with E-state index in [0.29, 0.717) is 21.1 Å². The summed E-state index contributed by atoms with van der Waals surface area (Å²) in [5, 5.41) is 12.4. The molecule has 0 saturated carbocycles. The molecule has 2 aromatic carbocycles. The van der Waals surface area contributed by atoms with Crippen LogP contribution in [0.3, 0.4) is 0 Å². The molecule has 144 valence electrons. The highest BCUT2D eigenvalue weighted by Gasteiger charge is 2.18. The number of fused-ring (bicyclic) bond motifs is 1. The number of carboxylic acid groups (broad SMARTS) is 1. The van der Waals surface area contributed by atoms with Crippen LogP contribution in [0, 0.1) is 6.92 Å². The first-order valence-electron chi connectivity index (χ1n) is 8.83. The highest BCUT2D eigenvalue weighted by Crippen LogP contribution is 2.34. The van der Waals surface area contributed by atoms with Gasteiger partial charge in [0.05, 0.1) is 16.9 Å². The topological polar surface area (TPSA) is 105 Å². The first kappa shape index (κ1) is 18.6. The number of carboxylic acids is 1. The van der Waals surface area contributed by atoms with E-state index in [2.05, 4.69) is 10.3 Å². The molecule has 1 amide bonds. The number of benzene rings is 2. The largest absolute Gasteiger partial charge is 0.478 e. The molecule has 4 aromatic rings. The number of anilines is 2. The fourth-order valence-corrected chi connectivity index (χ4v) is 3.92. The Labute approximate surface area is 170 Å². The highest BCUT2D eigenvalue weighted by molar-refractivity contribution is 7.21. The summed E-state index contributed by atoms with van der Waals surface area (Å²) in [7, 11) is 0. The number of rotatable bonds is 4. The van der Waals surface area contributed by atoms with E-state index in [9.17, 15) is 9.59 Å². The van der Waals surface area contributed by atoms with Crippen LogP contribution in [0.2, 0.25) is 0 Å². The summed E-state index contributed by atoms with van der Waals surface area (Å²) in [6, 6.07) is 17.8. The van der Waals surface area contributed by atoms with Crippen LogP contribution in [0.1, 0.15) is 25.6 Å². The molecule has 2 aromatic heterocycles. The van der Waals surface area contributed by atoms with Crippen LogP contribution < -0.4 is 11.1 Å². The van der Waals surface area contributed by atoms with Crippen LogP contribution in [0.15, 0.2) is 60.7 Å². The number of thiophene rings is 1. The van der Waals surface area contributed by atoms with Crippen molar-refractivity contribution in [3.63, 3.8) is 0 Å². The van der Waals surface area contributed by atoms with Gasteiger partial charge in [-0.1, -0.05) is 29.8 Å². The Morgan fingerprint density at radius 1 is 1.00 bits per heavy atom. The van der Waals surface area contributed by atoms with E-state index < -0.39 is 5.97 Å². The minimum absolute atomic E-state index is 0.150. The number of pyridine rings is 1. The van der Waals surface area contributed by atoms with Gasteiger partial charge in [0.2, 0.25) is 0 Å². The highest BCUT2D eigenvalue weighted by atomic mass is 32.1. The van der Waals surface area contributed by atoms with Gasteiger partial charge in [-0.2, -0.15) is 0 Å². The van der Waals surface area contributed by atoms with Gasteiger partial charge in [0.1, 0.15) is 9.71 Å². The minimum atomic E-state index is -1.02. The van der Waals surface area contributed by atoms with Crippen molar-refractivity contribution < 1.29 is 14.7 Å². The number of carbonyl (C=O) groups excluding carboxylic acids is 1. The normalized spacial score (nSPS) is 10.8. The van der Waals surface area contributed by atoms with Crippen molar-refractivity contribution in [2.45, 2.75) is 6.92 Å². The molecule has 0 aliphatic carbocycles. The molecule has 0 unspecified atom stereocenters. The lowest BCUT2D eigenvalue weighted by Crippen LogP contribution is -2.12. The van der Waals surface area contributed by atoms with E-state index in [4.69, 9.17) is 10.8 Å². The zero-order valence-electron chi connectivity index (χ0n) is 15.5. The molecule has 6 nitrogen and oxygen atoms in total. The minimum Gasteiger partial charge on any atom is -0.478 e. The molecule has 4 N–H and O–H groups in total. The Morgan fingerprint density at radius 3 is 2.34 bits per heavy atom. The average Bonchev–Trinajstić information content (AvgIpc) is 3.05. The van der Waals surface area contributed by atoms with Gasteiger partial charge in [-0.05, 0) is 43.3 Å². The Bertz CT molecular complexity index is 1230. The van der Waals surface area contributed by atoms with Gasteiger partial charge in [-0.15, -0.1) is 11.3 Å². The lowest BCUT2D eigenvalue weighted by molar-refractivity contribution is 0.0696. The molecule has 0 fully saturated rings. The fraction of sp³-hybridized carbons (Fsp3) is 0.0455. The maximum Gasteiger partial charge on any atom is 0.335 e. The molecule has 0 spiro atoms. The Balaban J connectivity index is 1.63. The number of aryl methyl sites for hydroxylation is 1. The zero-order valence-corrected chi connectivity index (χ0v) is 16.3. The van der Waals surface area contributed by atoms with Crippen LogP contribution >= 0.6 is 11.3 Å². The number of nitrogens with zero attached hydrogens (tertiary/aromatic N) is 1.